The molecule has 0 aliphatic carbocycles. The summed E-state index contributed by atoms with van der Waals surface area (Å²) >= 11 is 0. The molecule has 0 aliphatic rings. The molecule has 0 saturated heterocycles. The van der Waals surface area contributed by atoms with Gasteiger partial charge in [-0.1, -0.05) is 333 Å². The van der Waals surface area contributed by atoms with E-state index in [1.54, 1.807) is 0 Å². The van der Waals surface area contributed by atoms with Crippen LogP contribution in [0.1, 0.15) is 393 Å². The minimum atomic E-state index is -0.669. The van der Waals surface area contributed by atoms with Crippen LogP contribution in [-0.4, -0.2) is 47.4 Å². The van der Waals surface area contributed by atoms with Crippen molar-refractivity contribution >= 4 is 11.9 Å². The standard InChI is InChI=1S/C73H139NO5/c1-3-5-7-9-11-13-15-17-19-21-22-23-28-31-34-37-41-45-49-53-57-61-65-71(76)70(69-75)74-72(77)66-62-58-54-50-46-42-38-35-32-29-26-24-25-27-30-33-36-40-44-48-52-56-60-64-68-79-73(78)67-63-59-55-51-47-43-39-20-18-16-14-12-10-8-6-4-2/h14,16,20,26,29,39,70-71,75-76H,3-13,15,17-19,21-25,27-28,30-38,40-69H2,1-2H3,(H,74,77)/b16-14-,29-26-,39-20-. The van der Waals surface area contributed by atoms with Gasteiger partial charge in [-0.25, -0.2) is 0 Å². The summed E-state index contributed by atoms with van der Waals surface area (Å²) in [7, 11) is 0. The van der Waals surface area contributed by atoms with Crippen LogP contribution in [0.5, 0.6) is 0 Å². The molecule has 6 heteroatoms. The fourth-order valence-corrected chi connectivity index (χ4v) is 11.2. The average Bonchev–Trinajstić information content (AvgIpc) is 3.45. The smallest absolute Gasteiger partial charge is 0.305 e. The highest BCUT2D eigenvalue weighted by atomic mass is 16.5. The van der Waals surface area contributed by atoms with Gasteiger partial charge in [-0.05, 0) is 83.5 Å². The van der Waals surface area contributed by atoms with Gasteiger partial charge in [0.25, 0.3) is 0 Å². The van der Waals surface area contributed by atoms with Crippen molar-refractivity contribution in [3.63, 3.8) is 0 Å². The fourth-order valence-electron chi connectivity index (χ4n) is 11.2. The molecule has 0 saturated carbocycles. The maximum absolute atomic E-state index is 12.5. The molecule has 0 fully saturated rings. The Bertz CT molecular complexity index is 1280. The molecule has 0 spiro atoms. The predicted molar refractivity (Wildman–Crippen MR) is 347 cm³/mol. The largest absolute Gasteiger partial charge is 0.466 e. The van der Waals surface area contributed by atoms with Gasteiger partial charge in [-0.3, -0.25) is 9.59 Å². The van der Waals surface area contributed by atoms with Gasteiger partial charge in [-0.15, -0.1) is 0 Å². The molecule has 0 aromatic carbocycles. The number of aliphatic hydroxyl groups is 2. The number of hydrogen-bond donors (Lipinski definition) is 3. The number of aliphatic hydroxyl groups excluding tert-OH is 2. The first-order valence-corrected chi connectivity index (χ1v) is 35.7. The van der Waals surface area contributed by atoms with Gasteiger partial charge in [-0.2, -0.15) is 0 Å². The number of allylic oxidation sites excluding steroid dienone is 6. The lowest BCUT2D eigenvalue weighted by molar-refractivity contribution is -0.143. The molecule has 2 unspecified atom stereocenters. The van der Waals surface area contributed by atoms with E-state index in [4.69, 9.17) is 4.74 Å². The monoisotopic (exact) mass is 1110 g/mol. The van der Waals surface area contributed by atoms with Crippen molar-refractivity contribution in [3.8, 4) is 0 Å². The Kier molecular flexibility index (Phi) is 66.9. The molecule has 6 nitrogen and oxygen atoms in total. The first-order chi connectivity index (χ1) is 39.0. The van der Waals surface area contributed by atoms with Crippen LogP contribution in [0.15, 0.2) is 36.5 Å². The third kappa shape index (κ3) is 65.1. The third-order valence-electron chi connectivity index (χ3n) is 16.7. The summed E-state index contributed by atoms with van der Waals surface area (Å²) in [5.74, 6) is -0.0360. The molecule has 0 aromatic rings. The van der Waals surface area contributed by atoms with Crippen LogP contribution in [0.4, 0.5) is 0 Å². The fraction of sp³-hybridized carbons (Fsp3) is 0.890. The third-order valence-corrected chi connectivity index (χ3v) is 16.7. The molecule has 0 rings (SSSR count). The quantitative estimate of drug-likeness (QED) is 0.0320. The summed E-state index contributed by atoms with van der Waals surface area (Å²) < 4.78 is 5.49. The number of rotatable bonds is 67. The molecule has 79 heavy (non-hydrogen) atoms. The van der Waals surface area contributed by atoms with E-state index in [1.807, 2.05) is 0 Å². The van der Waals surface area contributed by atoms with Gasteiger partial charge in [0.2, 0.25) is 5.91 Å². The van der Waals surface area contributed by atoms with Crippen molar-refractivity contribution in [2.45, 2.75) is 405 Å². The van der Waals surface area contributed by atoms with Crippen LogP contribution in [-0.2, 0) is 14.3 Å². The zero-order valence-electron chi connectivity index (χ0n) is 53.4. The van der Waals surface area contributed by atoms with E-state index in [1.165, 1.54) is 308 Å². The van der Waals surface area contributed by atoms with E-state index in [9.17, 15) is 19.8 Å². The van der Waals surface area contributed by atoms with Gasteiger partial charge >= 0.3 is 5.97 Å². The molecule has 0 bridgehead atoms. The lowest BCUT2D eigenvalue weighted by Gasteiger charge is -2.22. The van der Waals surface area contributed by atoms with Gasteiger partial charge in [0, 0.05) is 12.8 Å². The van der Waals surface area contributed by atoms with Gasteiger partial charge in [0.15, 0.2) is 0 Å². The van der Waals surface area contributed by atoms with E-state index in [2.05, 4.69) is 55.6 Å². The van der Waals surface area contributed by atoms with Crippen LogP contribution < -0.4 is 5.32 Å². The Hall–Kier alpha value is -1.92. The summed E-state index contributed by atoms with van der Waals surface area (Å²) in [6, 6.07) is -0.547. The van der Waals surface area contributed by atoms with Crippen LogP contribution in [0, 0.1) is 0 Å². The average molecular weight is 1110 g/mol. The lowest BCUT2D eigenvalue weighted by atomic mass is 10.0. The Labute approximate surface area is 494 Å². The molecule has 0 aromatic heterocycles. The van der Waals surface area contributed by atoms with Crippen LogP contribution in [0.25, 0.3) is 0 Å². The molecular weight excluding hydrogens is 971 g/mol. The number of unbranched alkanes of at least 4 members (excludes halogenated alkanes) is 50. The van der Waals surface area contributed by atoms with Gasteiger partial charge < -0.3 is 20.3 Å². The summed E-state index contributed by atoms with van der Waals surface area (Å²) in [6.07, 6.45) is 87.6. The van der Waals surface area contributed by atoms with Crippen LogP contribution in [0.2, 0.25) is 0 Å². The summed E-state index contributed by atoms with van der Waals surface area (Å²) in [5, 5.41) is 23.4. The molecule has 0 radical (unpaired) electrons. The van der Waals surface area contributed by atoms with Crippen molar-refractivity contribution < 1.29 is 24.5 Å². The second-order valence-electron chi connectivity index (χ2n) is 24.6. The number of ether oxygens (including phenoxy) is 1. The van der Waals surface area contributed by atoms with Crippen molar-refractivity contribution in [1.29, 1.82) is 0 Å². The Morgan fingerprint density at radius 1 is 0.354 bits per heavy atom. The molecule has 0 aliphatic heterocycles. The number of amides is 1. The number of carbonyl (C=O) groups excluding carboxylic acids is 2. The van der Waals surface area contributed by atoms with E-state index in [-0.39, 0.29) is 18.5 Å². The topological polar surface area (TPSA) is 95.9 Å². The Balaban J connectivity index is 3.41. The molecule has 466 valence electrons. The van der Waals surface area contributed by atoms with E-state index < -0.39 is 12.1 Å². The normalized spacial score (nSPS) is 12.7. The summed E-state index contributed by atoms with van der Waals surface area (Å²) in [5.41, 5.74) is 0. The van der Waals surface area contributed by atoms with Crippen molar-refractivity contribution in [3.05, 3.63) is 36.5 Å². The Morgan fingerprint density at radius 3 is 0.987 bits per heavy atom. The number of nitrogens with one attached hydrogen (secondary N) is 1. The van der Waals surface area contributed by atoms with Gasteiger partial charge in [0.1, 0.15) is 0 Å². The second-order valence-corrected chi connectivity index (χ2v) is 24.6. The zero-order chi connectivity index (χ0) is 57.1. The predicted octanol–water partition coefficient (Wildman–Crippen LogP) is 23.1. The minimum Gasteiger partial charge on any atom is -0.466 e. The number of hydrogen-bond acceptors (Lipinski definition) is 5. The first-order valence-electron chi connectivity index (χ1n) is 35.7. The molecule has 1 amide bonds. The second kappa shape index (κ2) is 68.6. The maximum atomic E-state index is 12.5. The van der Waals surface area contributed by atoms with Crippen LogP contribution in [0.3, 0.4) is 0 Å². The molecule has 0 heterocycles. The SMILES string of the molecule is CCCCCC/C=C\C/C=C\CCCCCCCC(=O)OCCCCCCCCCCCCCC/C=C\CCCCCCCCCCC(=O)NC(CO)C(O)CCCCCCCCCCCCCCCCCCCCCCCC. The van der Waals surface area contributed by atoms with E-state index >= 15 is 0 Å². The molecule has 2 atom stereocenters. The molecule has 3 N–H and O–H groups in total. The van der Waals surface area contributed by atoms with E-state index in [0.29, 0.717) is 25.9 Å². The minimum absolute atomic E-state index is 0.000300. The number of esters is 1. The van der Waals surface area contributed by atoms with Crippen molar-refractivity contribution in [1.82, 2.24) is 5.32 Å². The van der Waals surface area contributed by atoms with Crippen LogP contribution >= 0.6 is 0 Å². The highest BCUT2D eigenvalue weighted by Crippen LogP contribution is 2.19. The highest BCUT2D eigenvalue weighted by Gasteiger charge is 2.20. The zero-order valence-corrected chi connectivity index (χ0v) is 53.4. The molecular formula is C73H139NO5. The summed E-state index contributed by atoms with van der Waals surface area (Å²) in [4.78, 5) is 24.6. The van der Waals surface area contributed by atoms with Gasteiger partial charge in [0.05, 0.1) is 25.4 Å². The maximum Gasteiger partial charge on any atom is 0.305 e. The van der Waals surface area contributed by atoms with Crippen molar-refractivity contribution in [2.75, 3.05) is 13.2 Å². The Morgan fingerprint density at radius 2 is 0.633 bits per heavy atom. The summed E-state index contributed by atoms with van der Waals surface area (Å²) in [6.45, 7) is 4.96. The van der Waals surface area contributed by atoms with Crippen molar-refractivity contribution in [2.24, 2.45) is 0 Å². The number of carbonyl (C=O) groups is 2. The first kappa shape index (κ1) is 77.1. The van der Waals surface area contributed by atoms with E-state index in [0.717, 1.165) is 51.4 Å². The lowest BCUT2D eigenvalue weighted by Crippen LogP contribution is -2.45. The highest BCUT2D eigenvalue weighted by molar-refractivity contribution is 5.76.